The van der Waals surface area contributed by atoms with Crippen molar-refractivity contribution in [3.63, 3.8) is 0 Å². The summed E-state index contributed by atoms with van der Waals surface area (Å²) in [5.41, 5.74) is 0. The molecule has 0 aliphatic rings. The van der Waals surface area contributed by atoms with Gasteiger partial charge >= 0.3 is 0 Å². The molecule has 0 aromatic carbocycles. The highest BCUT2D eigenvalue weighted by Gasteiger charge is 2.00. The number of hydrogen-bond acceptors (Lipinski definition) is 3. The summed E-state index contributed by atoms with van der Waals surface area (Å²) in [5.74, 6) is 0.719. The standard InChI is InChI=1S/C14H32N4O2S.HI/c1-4-5-6-7-8-9-10-11-16-14(15-2)17-12-13-18-21(3,19)20;/h18H,4-13H2,1-3H3,(H2,15,16,17);1H. The molecule has 134 valence electrons. The molecule has 0 rings (SSSR count). The van der Waals surface area contributed by atoms with Gasteiger partial charge in [0.1, 0.15) is 0 Å². The summed E-state index contributed by atoms with van der Waals surface area (Å²) in [6.07, 6.45) is 10.1. The molecule has 0 spiro atoms. The van der Waals surface area contributed by atoms with E-state index < -0.39 is 10.0 Å². The maximum absolute atomic E-state index is 10.9. The Balaban J connectivity index is 0. The van der Waals surface area contributed by atoms with Gasteiger partial charge in [0.15, 0.2) is 5.96 Å². The normalized spacial score (nSPS) is 11.9. The summed E-state index contributed by atoms with van der Waals surface area (Å²) in [4.78, 5) is 4.10. The second kappa shape index (κ2) is 15.8. The van der Waals surface area contributed by atoms with E-state index in [1.54, 1.807) is 7.05 Å². The van der Waals surface area contributed by atoms with Crippen LogP contribution in [0.15, 0.2) is 4.99 Å². The van der Waals surface area contributed by atoms with Crippen LogP contribution in [-0.2, 0) is 10.0 Å². The van der Waals surface area contributed by atoms with Crippen LogP contribution in [-0.4, -0.2) is 47.3 Å². The lowest BCUT2D eigenvalue weighted by Crippen LogP contribution is -2.41. The molecule has 0 aliphatic heterocycles. The Morgan fingerprint density at radius 3 is 2.00 bits per heavy atom. The van der Waals surface area contributed by atoms with Crippen LogP contribution in [0.25, 0.3) is 0 Å². The average molecular weight is 448 g/mol. The first-order valence-corrected chi connectivity index (χ1v) is 9.78. The van der Waals surface area contributed by atoms with E-state index in [0.29, 0.717) is 13.1 Å². The minimum Gasteiger partial charge on any atom is -0.356 e. The number of halogens is 1. The third-order valence-corrected chi connectivity index (χ3v) is 3.81. The van der Waals surface area contributed by atoms with Crippen LogP contribution in [0, 0.1) is 0 Å². The maximum atomic E-state index is 10.9. The second-order valence-electron chi connectivity index (χ2n) is 5.21. The van der Waals surface area contributed by atoms with Crippen molar-refractivity contribution in [2.24, 2.45) is 4.99 Å². The van der Waals surface area contributed by atoms with E-state index in [1.807, 2.05) is 0 Å². The van der Waals surface area contributed by atoms with Gasteiger partial charge in [-0.2, -0.15) is 0 Å². The van der Waals surface area contributed by atoms with E-state index in [0.717, 1.165) is 25.2 Å². The molecule has 0 saturated carbocycles. The number of hydrogen-bond donors (Lipinski definition) is 3. The second-order valence-corrected chi connectivity index (χ2v) is 7.05. The first-order valence-electron chi connectivity index (χ1n) is 7.88. The molecular formula is C14H33IN4O2S. The van der Waals surface area contributed by atoms with E-state index in [1.165, 1.54) is 38.5 Å². The van der Waals surface area contributed by atoms with Crippen molar-refractivity contribution >= 4 is 40.0 Å². The lowest BCUT2D eigenvalue weighted by atomic mass is 10.1. The summed E-state index contributed by atoms with van der Waals surface area (Å²) < 4.78 is 24.2. The van der Waals surface area contributed by atoms with Gasteiger partial charge in [-0.1, -0.05) is 45.4 Å². The molecule has 0 amide bonds. The van der Waals surface area contributed by atoms with E-state index in [2.05, 4.69) is 27.3 Å². The smallest absolute Gasteiger partial charge is 0.208 e. The highest BCUT2D eigenvalue weighted by atomic mass is 127. The monoisotopic (exact) mass is 448 g/mol. The SMILES string of the molecule is CCCCCCCCCNC(=NC)NCCNS(C)(=O)=O.I. The van der Waals surface area contributed by atoms with E-state index in [4.69, 9.17) is 0 Å². The molecule has 0 aliphatic carbocycles. The fourth-order valence-corrected chi connectivity index (χ4v) is 2.40. The first kappa shape index (κ1) is 24.2. The molecule has 0 saturated heterocycles. The zero-order valence-corrected chi connectivity index (χ0v) is 17.3. The maximum Gasteiger partial charge on any atom is 0.208 e. The number of aliphatic imine (C=N–C) groups is 1. The van der Waals surface area contributed by atoms with Gasteiger partial charge < -0.3 is 10.6 Å². The number of nitrogens with zero attached hydrogens (tertiary/aromatic N) is 1. The first-order chi connectivity index (χ1) is 9.99. The number of guanidine groups is 1. The Morgan fingerprint density at radius 1 is 0.909 bits per heavy atom. The third kappa shape index (κ3) is 18.0. The summed E-state index contributed by atoms with van der Waals surface area (Å²) in [5, 5.41) is 6.30. The van der Waals surface area contributed by atoms with Crippen LogP contribution < -0.4 is 15.4 Å². The molecule has 0 unspecified atom stereocenters. The summed E-state index contributed by atoms with van der Waals surface area (Å²) in [7, 11) is -1.40. The van der Waals surface area contributed by atoms with Gasteiger partial charge in [-0.3, -0.25) is 4.99 Å². The van der Waals surface area contributed by atoms with Crippen molar-refractivity contribution in [1.82, 2.24) is 15.4 Å². The molecule has 8 heteroatoms. The highest BCUT2D eigenvalue weighted by Crippen LogP contribution is 2.06. The topological polar surface area (TPSA) is 82.6 Å². The number of rotatable bonds is 12. The molecule has 6 nitrogen and oxygen atoms in total. The van der Waals surface area contributed by atoms with Crippen LogP contribution in [0.1, 0.15) is 51.9 Å². The Bertz CT molecular complexity index is 375. The van der Waals surface area contributed by atoms with Crippen molar-refractivity contribution in [3.8, 4) is 0 Å². The molecule has 0 aromatic heterocycles. The summed E-state index contributed by atoms with van der Waals surface area (Å²) in [6.45, 7) is 4.00. The van der Waals surface area contributed by atoms with Gasteiger partial charge in [0, 0.05) is 26.7 Å². The van der Waals surface area contributed by atoms with Gasteiger partial charge in [0.05, 0.1) is 6.26 Å². The van der Waals surface area contributed by atoms with Crippen LogP contribution in [0.4, 0.5) is 0 Å². The van der Waals surface area contributed by atoms with Gasteiger partial charge in [-0.15, -0.1) is 24.0 Å². The third-order valence-electron chi connectivity index (χ3n) is 3.08. The fourth-order valence-electron chi connectivity index (χ4n) is 1.93. The molecule has 0 heterocycles. The molecule has 0 atom stereocenters. The predicted octanol–water partition coefficient (Wildman–Crippen LogP) is 2.07. The van der Waals surface area contributed by atoms with Crippen molar-refractivity contribution in [2.45, 2.75) is 51.9 Å². The molecule has 0 bridgehead atoms. The number of unbranched alkanes of at least 4 members (excludes halogenated alkanes) is 6. The predicted molar refractivity (Wildman–Crippen MR) is 106 cm³/mol. The molecular weight excluding hydrogens is 415 g/mol. The van der Waals surface area contributed by atoms with Gasteiger partial charge in [0.2, 0.25) is 10.0 Å². The Morgan fingerprint density at radius 2 is 1.45 bits per heavy atom. The van der Waals surface area contributed by atoms with Crippen LogP contribution in [0.3, 0.4) is 0 Å². The van der Waals surface area contributed by atoms with Crippen molar-refractivity contribution in [1.29, 1.82) is 0 Å². The quantitative estimate of drug-likeness (QED) is 0.185. The fraction of sp³-hybridized carbons (Fsp3) is 0.929. The number of sulfonamides is 1. The summed E-state index contributed by atoms with van der Waals surface area (Å²) >= 11 is 0. The lowest BCUT2D eigenvalue weighted by molar-refractivity contribution is 0.581. The zero-order valence-electron chi connectivity index (χ0n) is 14.2. The minimum atomic E-state index is -3.11. The van der Waals surface area contributed by atoms with Crippen LogP contribution >= 0.6 is 24.0 Å². The van der Waals surface area contributed by atoms with Crippen LogP contribution in [0.2, 0.25) is 0 Å². The lowest BCUT2D eigenvalue weighted by Gasteiger charge is -2.11. The largest absolute Gasteiger partial charge is 0.356 e. The van der Waals surface area contributed by atoms with E-state index in [9.17, 15) is 8.42 Å². The van der Waals surface area contributed by atoms with Crippen molar-refractivity contribution in [3.05, 3.63) is 0 Å². The van der Waals surface area contributed by atoms with E-state index in [-0.39, 0.29) is 24.0 Å². The van der Waals surface area contributed by atoms with Gasteiger partial charge in [-0.25, -0.2) is 13.1 Å². The number of nitrogens with one attached hydrogen (secondary N) is 3. The van der Waals surface area contributed by atoms with E-state index >= 15 is 0 Å². The Kier molecular flexibility index (Phi) is 17.3. The van der Waals surface area contributed by atoms with Gasteiger partial charge in [-0.05, 0) is 6.42 Å². The van der Waals surface area contributed by atoms with Gasteiger partial charge in [0.25, 0.3) is 0 Å². The highest BCUT2D eigenvalue weighted by molar-refractivity contribution is 14.0. The molecule has 3 N–H and O–H groups in total. The van der Waals surface area contributed by atoms with Crippen molar-refractivity contribution in [2.75, 3.05) is 32.9 Å². The Hall–Kier alpha value is -0.0900. The minimum absolute atomic E-state index is 0. The molecule has 0 radical (unpaired) electrons. The van der Waals surface area contributed by atoms with Crippen LogP contribution in [0.5, 0.6) is 0 Å². The van der Waals surface area contributed by atoms with Crippen molar-refractivity contribution < 1.29 is 8.42 Å². The average Bonchev–Trinajstić information content (AvgIpc) is 2.43. The molecule has 0 aromatic rings. The molecule has 0 fully saturated rings. The Labute approximate surface area is 153 Å². The summed E-state index contributed by atoms with van der Waals surface area (Å²) in [6, 6.07) is 0. The molecule has 22 heavy (non-hydrogen) atoms. The zero-order chi connectivity index (χ0) is 16.0.